The standard InChI is InChI=1S/C15H19NO3/c17-14(6-7-15(18)19)16-10-8-13(9-11-16)12-4-2-1-3-5-12/h1-5,13H,6-11H2,(H,18,19). The number of carboxylic acid groups (broad SMARTS) is 1. The highest BCUT2D eigenvalue weighted by molar-refractivity contribution is 5.80. The van der Waals surface area contributed by atoms with Crippen LogP contribution in [0.1, 0.15) is 37.2 Å². The maximum Gasteiger partial charge on any atom is 0.303 e. The molecule has 0 spiro atoms. The Morgan fingerprint density at radius 3 is 2.32 bits per heavy atom. The Balaban J connectivity index is 1.82. The number of hydrogen-bond donors (Lipinski definition) is 1. The fourth-order valence-corrected chi connectivity index (χ4v) is 2.56. The number of likely N-dealkylation sites (tertiary alicyclic amines) is 1. The van der Waals surface area contributed by atoms with Crippen LogP contribution in [0.5, 0.6) is 0 Å². The van der Waals surface area contributed by atoms with E-state index in [4.69, 9.17) is 5.11 Å². The Morgan fingerprint density at radius 2 is 1.74 bits per heavy atom. The van der Waals surface area contributed by atoms with Gasteiger partial charge in [-0.3, -0.25) is 9.59 Å². The van der Waals surface area contributed by atoms with Crippen LogP contribution in [0.2, 0.25) is 0 Å². The van der Waals surface area contributed by atoms with E-state index in [0.29, 0.717) is 5.92 Å². The Kier molecular flexibility index (Phi) is 4.55. The number of carboxylic acids is 1. The zero-order valence-corrected chi connectivity index (χ0v) is 10.9. The van der Waals surface area contributed by atoms with Crippen molar-refractivity contribution >= 4 is 11.9 Å². The van der Waals surface area contributed by atoms with E-state index in [1.807, 2.05) is 18.2 Å². The lowest BCUT2D eigenvalue weighted by molar-refractivity contribution is -0.141. The van der Waals surface area contributed by atoms with E-state index in [1.165, 1.54) is 5.56 Å². The molecule has 0 aliphatic carbocycles. The topological polar surface area (TPSA) is 57.6 Å². The fraction of sp³-hybridized carbons (Fsp3) is 0.467. The van der Waals surface area contributed by atoms with Crippen molar-refractivity contribution < 1.29 is 14.7 Å². The summed E-state index contributed by atoms with van der Waals surface area (Å²) >= 11 is 0. The zero-order valence-electron chi connectivity index (χ0n) is 10.9. The molecule has 0 saturated carbocycles. The summed E-state index contributed by atoms with van der Waals surface area (Å²) in [5.41, 5.74) is 1.33. The van der Waals surface area contributed by atoms with Crippen molar-refractivity contribution in [3.05, 3.63) is 35.9 Å². The molecule has 102 valence electrons. The molecule has 1 amide bonds. The number of piperidine rings is 1. The minimum Gasteiger partial charge on any atom is -0.481 e. The molecular formula is C15H19NO3. The van der Waals surface area contributed by atoms with E-state index in [9.17, 15) is 9.59 Å². The normalized spacial score (nSPS) is 16.3. The number of nitrogens with zero attached hydrogens (tertiary/aromatic N) is 1. The van der Waals surface area contributed by atoms with Gasteiger partial charge in [0.2, 0.25) is 5.91 Å². The molecule has 1 heterocycles. The first-order valence-corrected chi connectivity index (χ1v) is 6.71. The van der Waals surface area contributed by atoms with Crippen LogP contribution >= 0.6 is 0 Å². The molecule has 1 aliphatic rings. The minimum atomic E-state index is -0.910. The first-order valence-electron chi connectivity index (χ1n) is 6.71. The smallest absolute Gasteiger partial charge is 0.303 e. The molecule has 0 atom stereocenters. The molecule has 19 heavy (non-hydrogen) atoms. The van der Waals surface area contributed by atoms with Crippen LogP contribution in [-0.4, -0.2) is 35.0 Å². The van der Waals surface area contributed by atoms with E-state index < -0.39 is 5.97 Å². The van der Waals surface area contributed by atoms with Gasteiger partial charge in [0.25, 0.3) is 0 Å². The molecule has 1 N–H and O–H groups in total. The molecule has 2 rings (SSSR count). The summed E-state index contributed by atoms with van der Waals surface area (Å²) in [6.45, 7) is 1.47. The summed E-state index contributed by atoms with van der Waals surface area (Å²) < 4.78 is 0. The predicted octanol–water partition coefficient (Wildman–Crippen LogP) is 2.26. The lowest BCUT2D eigenvalue weighted by atomic mass is 9.89. The lowest BCUT2D eigenvalue weighted by Gasteiger charge is -2.32. The number of rotatable bonds is 4. The van der Waals surface area contributed by atoms with Crippen LogP contribution in [-0.2, 0) is 9.59 Å². The minimum absolute atomic E-state index is 0.0334. The molecular weight excluding hydrogens is 242 g/mol. The van der Waals surface area contributed by atoms with E-state index >= 15 is 0 Å². The lowest BCUT2D eigenvalue weighted by Crippen LogP contribution is -2.38. The maximum absolute atomic E-state index is 11.8. The third-order valence-electron chi connectivity index (χ3n) is 3.67. The summed E-state index contributed by atoms with van der Waals surface area (Å²) in [4.78, 5) is 24.1. The van der Waals surface area contributed by atoms with Crippen LogP contribution in [0.3, 0.4) is 0 Å². The van der Waals surface area contributed by atoms with Crippen molar-refractivity contribution in [2.75, 3.05) is 13.1 Å². The van der Waals surface area contributed by atoms with Gasteiger partial charge in [-0.1, -0.05) is 30.3 Å². The van der Waals surface area contributed by atoms with Crippen molar-refractivity contribution in [3.8, 4) is 0 Å². The Bertz CT molecular complexity index is 436. The molecule has 1 aliphatic heterocycles. The SMILES string of the molecule is O=C(O)CCC(=O)N1CCC(c2ccccc2)CC1. The van der Waals surface area contributed by atoms with Gasteiger partial charge < -0.3 is 10.0 Å². The quantitative estimate of drug-likeness (QED) is 0.904. The molecule has 0 bridgehead atoms. The van der Waals surface area contributed by atoms with Gasteiger partial charge in [0.05, 0.1) is 6.42 Å². The van der Waals surface area contributed by atoms with Crippen LogP contribution in [0, 0.1) is 0 Å². The van der Waals surface area contributed by atoms with Gasteiger partial charge in [-0.25, -0.2) is 0 Å². The van der Waals surface area contributed by atoms with Gasteiger partial charge in [0.1, 0.15) is 0 Å². The van der Waals surface area contributed by atoms with E-state index in [1.54, 1.807) is 4.90 Å². The number of hydrogen-bond acceptors (Lipinski definition) is 2. The average Bonchev–Trinajstić information content (AvgIpc) is 2.46. The Morgan fingerprint density at radius 1 is 1.11 bits per heavy atom. The van der Waals surface area contributed by atoms with Gasteiger partial charge in [-0.05, 0) is 24.3 Å². The highest BCUT2D eigenvalue weighted by Crippen LogP contribution is 2.27. The monoisotopic (exact) mass is 261 g/mol. The second-order valence-electron chi connectivity index (χ2n) is 4.96. The molecule has 1 aromatic rings. The summed E-state index contributed by atoms with van der Waals surface area (Å²) in [6, 6.07) is 10.4. The van der Waals surface area contributed by atoms with Crippen molar-refractivity contribution in [2.24, 2.45) is 0 Å². The second-order valence-corrected chi connectivity index (χ2v) is 4.96. The average molecular weight is 261 g/mol. The molecule has 4 nitrogen and oxygen atoms in total. The van der Waals surface area contributed by atoms with Gasteiger partial charge in [-0.2, -0.15) is 0 Å². The first kappa shape index (κ1) is 13.6. The third-order valence-corrected chi connectivity index (χ3v) is 3.67. The van der Waals surface area contributed by atoms with Crippen molar-refractivity contribution in [3.63, 3.8) is 0 Å². The second kappa shape index (κ2) is 6.36. The van der Waals surface area contributed by atoms with Crippen LogP contribution < -0.4 is 0 Å². The highest BCUT2D eigenvalue weighted by Gasteiger charge is 2.23. The molecule has 0 unspecified atom stereocenters. The molecule has 4 heteroatoms. The van der Waals surface area contributed by atoms with Crippen LogP contribution in [0.4, 0.5) is 0 Å². The van der Waals surface area contributed by atoms with Gasteiger partial charge in [0, 0.05) is 19.5 Å². The molecule has 1 saturated heterocycles. The summed E-state index contributed by atoms with van der Waals surface area (Å²) in [5, 5.41) is 8.58. The van der Waals surface area contributed by atoms with Crippen LogP contribution in [0.25, 0.3) is 0 Å². The summed E-state index contributed by atoms with van der Waals surface area (Å²) in [5.74, 6) is -0.425. The van der Waals surface area contributed by atoms with E-state index in [-0.39, 0.29) is 18.7 Å². The number of amides is 1. The third kappa shape index (κ3) is 3.81. The van der Waals surface area contributed by atoms with Crippen molar-refractivity contribution in [1.29, 1.82) is 0 Å². The van der Waals surface area contributed by atoms with Gasteiger partial charge >= 0.3 is 5.97 Å². The summed E-state index contributed by atoms with van der Waals surface area (Å²) in [6.07, 6.45) is 1.97. The van der Waals surface area contributed by atoms with Crippen molar-refractivity contribution in [2.45, 2.75) is 31.6 Å². The maximum atomic E-state index is 11.8. The molecule has 1 fully saturated rings. The number of carbonyl (C=O) groups is 2. The van der Waals surface area contributed by atoms with Gasteiger partial charge in [-0.15, -0.1) is 0 Å². The highest BCUT2D eigenvalue weighted by atomic mass is 16.4. The van der Waals surface area contributed by atoms with Crippen molar-refractivity contribution in [1.82, 2.24) is 4.90 Å². The Hall–Kier alpha value is -1.84. The van der Waals surface area contributed by atoms with E-state index in [0.717, 1.165) is 25.9 Å². The predicted molar refractivity (Wildman–Crippen MR) is 71.9 cm³/mol. The largest absolute Gasteiger partial charge is 0.481 e. The number of benzene rings is 1. The number of aliphatic carboxylic acids is 1. The number of carbonyl (C=O) groups excluding carboxylic acids is 1. The molecule has 0 radical (unpaired) electrons. The zero-order chi connectivity index (χ0) is 13.7. The Labute approximate surface area is 113 Å². The fourth-order valence-electron chi connectivity index (χ4n) is 2.56. The summed E-state index contributed by atoms with van der Waals surface area (Å²) in [7, 11) is 0. The molecule has 0 aromatic heterocycles. The van der Waals surface area contributed by atoms with Crippen LogP contribution in [0.15, 0.2) is 30.3 Å². The first-order chi connectivity index (χ1) is 9.16. The molecule has 1 aromatic carbocycles. The van der Waals surface area contributed by atoms with Gasteiger partial charge in [0.15, 0.2) is 0 Å². The van der Waals surface area contributed by atoms with E-state index in [2.05, 4.69) is 12.1 Å².